The van der Waals surface area contributed by atoms with Crippen LogP contribution in [0.2, 0.25) is 0 Å². The lowest BCUT2D eigenvalue weighted by Gasteiger charge is -2.25. The van der Waals surface area contributed by atoms with Gasteiger partial charge in [-0.1, -0.05) is 72.8 Å². The second-order valence-electron chi connectivity index (χ2n) is 10.5. The van der Waals surface area contributed by atoms with Gasteiger partial charge in [0.1, 0.15) is 10.7 Å². The number of ether oxygens (including phenoxy) is 2. The van der Waals surface area contributed by atoms with E-state index in [0.717, 1.165) is 47.3 Å². The predicted molar refractivity (Wildman–Crippen MR) is 168 cm³/mol. The van der Waals surface area contributed by atoms with Crippen LogP contribution in [0.15, 0.2) is 109 Å². The number of hydrogen-bond acceptors (Lipinski definition) is 7. The fraction of sp³-hybridized carbons (Fsp3) is 0.229. The Labute approximate surface area is 256 Å². The van der Waals surface area contributed by atoms with Gasteiger partial charge in [-0.2, -0.15) is 0 Å². The first-order valence-electron chi connectivity index (χ1n) is 14.5. The van der Waals surface area contributed by atoms with Gasteiger partial charge in [0.05, 0.1) is 6.54 Å². The molecule has 0 saturated heterocycles. The quantitative estimate of drug-likeness (QED) is 0.170. The van der Waals surface area contributed by atoms with Crippen LogP contribution in [0, 0.1) is 0 Å². The summed E-state index contributed by atoms with van der Waals surface area (Å²) >= 11 is 1.52. The van der Waals surface area contributed by atoms with Gasteiger partial charge in [0.15, 0.2) is 11.5 Å². The molecule has 0 bridgehead atoms. The highest BCUT2D eigenvalue weighted by atomic mass is 32.1. The summed E-state index contributed by atoms with van der Waals surface area (Å²) in [5.41, 5.74) is 5.15. The van der Waals surface area contributed by atoms with Crippen LogP contribution in [-0.4, -0.2) is 40.7 Å². The molecule has 0 aliphatic carbocycles. The molecule has 0 saturated carbocycles. The zero-order chi connectivity index (χ0) is 29.3. The van der Waals surface area contributed by atoms with Gasteiger partial charge in [0, 0.05) is 42.7 Å². The summed E-state index contributed by atoms with van der Waals surface area (Å²) in [6.07, 6.45) is 3.38. The maximum atomic E-state index is 12.8. The molecule has 218 valence electrons. The maximum Gasteiger partial charge on any atom is 0.270 e. The molecular formula is C35H34N4O3S. The van der Waals surface area contributed by atoms with E-state index < -0.39 is 0 Å². The molecule has 43 heavy (non-hydrogen) atoms. The average Bonchev–Trinajstić information content (AvgIpc) is 3.72. The van der Waals surface area contributed by atoms with Gasteiger partial charge in [-0.05, 0) is 53.9 Å². The Balaban J connectivity index is 1.16. The van der Waals surface area contributed by atoms with Crippen LogP contribution in [-0.2, 0) is 19.5 Å². The molecule has 1 aliphatic heterocycles. The standard InChI is InChI=1S/C35H34N4O3S/c40-35(37-19-16-29-13-7-8-18-36-29)31-24-43-34(38-31)23-39(22-26-14-15-32-33(21-26)42-25-41-32)20-17-30(27-9-3-1-4-10-27)28-11-5-2-6-12-28/h1-15,18,21,24,30H,16-17,19-20,22-23,25H2,(H,37,40). The highest BCUT2D eigenvalue weighted by molar-refractivity contribution is 7.09. The van der Waals surface area contributed by atoms with Crippen LogP contribution in [0.25, 0.3) is 0 Å². The molecule has 2 aromatic heterocycles. The molecule has 0 fully saturated rings. The van der Waals surface area contributed by atoms with E-state index in [-0.39, 0.29) is 18.6 Å². The third kappa shape index (κ3) is 7.66. The second-order valence-corrected chi connectivity index (χ2v) is 11.5. The zero-order valence-electron chi connectivity index (χ0n) is 23.9. The van der Waals surface area contributed by atoms with Gasteiger partial charge in [0.25, 0.3) is 5.91 Å². The lowest BCUT2D eigenvalue weighted by Crippen LogP contribution is -2.27. The number of nitrogens with zero attached hydrogens (tertiary/aromatic N) is 3. The zero-order valence-corrected chi connectivity index (χ0v) is 24.7. The lowest BCUT2D eigenvalue weighted by molar-refractivity contribution is 0.0949. The van der Waals surface area contributed by atoms with Gasteiger partial charge in [-0.3, -0.25) is 14.7 Å². The van der Waals surface area contributed by atoms with Crippen molar-refractivity contribution in [3.8, 4) is 11.5 Å². The van der Waals surface area contributed by atoms with Crippen LogP contribution < -0.4 is 14.8 Å². The number of fused-ring (bicyclic) bond motifs is 1. The maximum absolute atomic E-state index is 12.8. The van der Waals surface area contributed by atoms with Crippen molar-refractivity contribution in [3.63, 3.8) is 0 Å². The first kappa shape index (κ1) is 28.6. The third-order valence-corrected chi connectivity index (χ3v) is 8.35. The van der Waals surface area contributed by atoms with E-state index >= 15 is 0 Å². The average molecular weight is 591 g/mol. The van der Waals surface area contributed by atoms with E-state index in [0.29, 0.717) is 25.2 Å². The Morgan fingerprint density at radius 2 is 1.63 bits per heavy atom. The molecular weight excluding hydrogens is 556 g/mol. The number of hydrogen-bond donors (Lipinski definition) is 1. The van der Waals surface area contributed by atoms with Crippen LogP contribution in [0.3, 0.4) is 0 Å². The van der Waals surface area contributed by atoms with Crippen molar-refractivity contribution < 1.29 is 14.3 Å². The summed E-state index contributed by atoms with van der Waals surface area (Å²) in [7, 11) is 0. The molecule has 0 spiro atoms. The van der Waals surface area contributed by atoms with E-state index in [4.69, 9.17) is 14.5 Å². The first-order chi connectivity index (χ1) is 21.2. The normalized spacial score (nSPS) is 12.1. The molecule has 3 aromatic carbocycles. The summed E-state index contributed by atoms with van der Waals surface area (Å²) in [5.74, 6) is 1.66. The molecule has 1 amide bonds. The summed E-state index contributed by atoms with van der Waals surface area (Å²) in [4.78, 5) is 24.3. The van der Waals surface area contributed by atoms with E-state index in [9.17, 15) is 4.79 Å². The summed E-state index contributed by atoms with van der Waals surface area (Å²) in [6.45, 7) is 2.96. The molecule has 8 heteroatoms. The number of thiazole rings is 1. The van der Waals surface area contributed by atoms with E-state index in [1.165, 1.54) is 22.5 Å². The molecule has 0 radical (unpaired) electrons. The second kappa shape index (κ2) is 14.1. The smallest absolute Gasteiger partial charge is 0.270 e. The van der Waals surface area contributed by atoms with Gasteiger partial charge >= 0.3 is 0 Å². The number of nitrogens with one attached hydrogen (secondary N) is 1. The van der Waals surface area contributed by atoms with Crippen molar-refractivity contribution in [2.75, 3.05) is 19.9 Å². The molecule has 0 atom stereocenters. The van der Waals surface area contributed by atoms with Crippen molar-refractivity contribution in [3.05, 3.63) is 142 Å². The van der Waals surface area contributed by atoms with Crippen LogP contribution in [0.4, 0.5) is 0 Å². The van der Waals surface area contributed by atoms with Gasteiger partial charge in [-0.25, -0.2) is 4.98 Å². The predicted octanol–water partition coefficient (Wildman–Crippen LogP) is 6.46. The molecule has 1 N–H and O–H groups in total. The molecule has 6 rings (SSSR count). The SMILES string of the molecule is O=C(NCCc1ccccn1)c1csc(CN(CCC(c2ccccc2)c2ccccc2)Cc2ccc3c(c2)OCO3)n1. The summed E-state index contributed by atoms with van der Waals surface area (Å²) < 4.78 is 11.2. The number of benzene rings is 3. The lowest BCUT2D eigenvalue weighted by atomic mass is 9.88. The molecule has 7 nitrogen and oxygen atoms in total. The monoisotopic (exact) mass is 590 g/mol. The van der Waals surface area contributed by atoms with Crippen LogP contribution in [0.5, 0.6) is 11.5 Å². The molecule has 1 aliphatic rings. The largest absolute Gasteiger partial charge is 0.454 e. The number of pyridine rings is 1. The van der Waals surface area contributed by atoms with Crippen molar-refractivity contribution in [2.45, 2.75) is 31.8 Å². The minimum absolute atomic E-state index is 0.158. The van der Waals surface area contributed by atoms with E-state index in [1.54, 1.807) is 6.20 Å². The Kier molecular flexibility index (Phi) is 9.37. The minimum Gasteiger partial charge on any atom is -0.454 e. The van der Waals surface area contributed by atoms with E-state index in [1.807, 2.05) is 29.6 Å². The Morgan fingerprint density at radius 1 is 0.884 bits per heavy atom. The van der Waals surface area contributed by atoms with Crippen molar-refractivity contribution in [2.24, 2.45) is 0 Å². The molecule has 5 aromatic rings. The first-order valence-corrected chi connectivity index (χ1v) is 15.4. The van der Waals surface area contributed by atoms with Crippen LogP contribution in [0.1, 0.15) is 50.2 Å². The van der Waals surface area contributed by atoms with Gasteiger partial charge < -0.3 is 14.8 Å². The van der Waals surface area contributed by atoms with Crippen molar-refractivity contribution >= 4 is 17.2 Å². The number of aromatic nitrogens is 2. The van der Waals surface area contributed by atoms with Gasteiger partial charge in [-0.15, -0.1) is 11.3 Å². The Morgan fingerprint density at radius 3 is 2.37 bits per heavy atom. The molecule has 3 heterocycles. The number of carbonyl (C=O) groups is 1. The summed E-state index contributed by atoms with van der Waals surface area (Å²) in [5, 5.41) is 5.74. The third-order valence-electron chi connectivity index (χ3n) is 7.52. The highest BCUT2D eigenvalue weighted by Gasteiger charge is 2.20. The number of carbonyl (C=O) groups excluding carboxylic acids is 1. The Bertz CT molecular complexity index is 1570. The van der Waals surface area contributed by atoms with Gasteiger partial charge in [0.2, 0.25) is 6.79 Å². The Hall–Kier alpha value is -4.53. The highest BCUT2D eigenvalue weighted by Crippen LogP contribution is 2.33. The molecule has 0 unspecified atom stereocenters. The van der Waals surface area contributed by atoms with Crippen molar-refractivity contribution in [1.29, 1.82) is 0 Å². The summed E-state index contributed by atoms with van der Waals surface area (Å²) in [6, 6.07) is 33.3. The minimum atomic E-state index is -0.158. The number of rotatable bonds is 13. The van der Waals surface area contributed by atoms with Crippen LogP contribution >= 0.6 is 11.3 Å². The fourth-order valence-corrected chi connectivity index (χ4v) is 6.15. The fourth-order valence-electron chi connectivity index (χ4n) is 5.34. The van der Waals surface area contributed by atoms with E-state index in [2.05, 4.69) is 88.0 Å². The van der Waals surface area contributed by atoms with Crippen molar-refractivity contribution in [1.82, 2.24) is 20.2 Å². The number of amides is 1. The topological polar surface area (TPSA) is 76.6 Å².